The SMILES string of the molecule is CCN1CC[C@@H]2C[C@@H](N3CCOCC3)CC[C@@]2(C(=O)NCCn2ccnn2)C1. The first-order chi connectivity index (χ1) is 13.7. The number of likely N-dealkylation sites (tertiary alicyclic amines) is 1. The second-order valence-corrected chi connectivity index (χ2v) is 8.51. The van der Waals surface area contributed by atoms with Gasteiger partial charge in [-0.3, -0.25) is 14.4 Å². The van der Waals surface area contributed by atoms with Crippen LogP contribution in [0.25, 0.3) is 0 Å². The van der Waals surface area contributed by atoms with Gasteiger partial charge in [-0.05, 0) is 44.7 Å². The lowest BCUT2D eigenvalue weighted by molar-refractivity contribution is -0.145. The van der Waals surface area contributed by atoms with Crippen LogP contribution in [-0.4, -0.2) is 89.2 Å². The highest BCUT2D eigenvalue weighted by molar-refractivity contribution is 5.83. The summed E-state index contributed by atoms with van der Waals surface area (Å²) < 4.78 is 7.30. The van der Waals surface area contributed by atoms with E-state index in [1.807, 2.05) is 6.20 Å². The molecular formula is C20H34N6O2. The third-order valence-electron chi connectivity index (χ3n) is 7.12. The fourth-order valence-electron chi connectivity index (χ4n) is 5.45. The summed E-state index contributed by atoms with van der Waals surface area (Å²) in [4.78, 5) is 18.5. The number of piperidine rings is 1. The van der Waals surface area contributed by atoms with Crippen molar-refractivity contribution in [3.05, 3.63) is 12.4 Å². The van der Waals surface area contributed by atoms with Gasteiger partial charge in [0.05, 0.1) is 31.4 Å². The Morgan fingerprint density at radius 3 is 2.89 bits per heavy atom. The molecule has 156 valence electrons. The van der Waals surface area contributed by atoms with Crippen molar-refractivity contribution in [3.8, 4) is 0 Å². The highest BCUT2D eigenvalue weighted by Gasteiger charge is 2.52. The number of amides is 1. The van der Waals surface area contributed by atoms with Gasteiger partial charge in [-0.15, -0.1) is 5.10 Å². The summed E-state index contributed by atoms with van der Waals surface area (Å²) in [5.74, 6) is 0.722. The maximum atomic E-state index is 13.4. The first-order valence-electron chi connectivity index (χ1n) is 10.9. The molecule has 0 unspecified atom stereocenters. The van der Waals surface area contributed by atoms with Gasteiger partial charge in [0.1, 0.15) is 0 Å². The molecule has 1 aromatic rings. The minimum absolute atomic E-state index is 0.237. The standard InChI is InChI=1S/C20H34N6O2/c1-2-24-8-4-17-15-18(25-11-13-28-14-12-25)3-5-20(17,16-24)19(27)21-6-9-26-10-7-22-23-26/h7,10,17-18H,2-6,8-9,11-16H2,1H3,(H,21,27)/t17-,18+,20-/m1/s1. The predicted octanol–water partition coefficient (Wildman–Crippen LogP) is 0.607. The van der Waals surface area contributed by atoms with Crippen molar-refractivity contribution in [2.24, 2.45) is 11.3 Å². The van der Waals surface area contributed by atoms with E-state index in [-0.39, 0.29) is 11.3 Å². The summed E-state index contributed by atoms with van der Waals surface area (Å²) in [6.45, 7) is 10.3. The van der Waals surface area contributed by atoms with Crippen molar-refractivity contribution in [3.63, 3.8) is 0 Å². The summed E-state index contributed by atoms with van der Waals surface area (Å²) in [6, 6.07) is 0.609. The molecular weight excluding hydrogens is 356 g/mol. The largest absolute Gasteiger partial charge is 0.379 e. The lowest BCUT2D eigenvalue weighted by atomic mass is 9.61. The average Bonchev–Trinajstić information content (AvgIpc) is 3.27. The highest BCUT2D eigenvalue weighted by atomic mass is 16.5. The highest BCUT2D eigenvalue weighted by Crippen LogP contribution is 2.47. The molecule has 1 N–H and O–H groups in total. The molecule has 1 saturated carbocycles. The number of morpholine rings is 1. The molecule has 3 aliphatic rings. The van der Waals surface area contributed by atoms with E-state index in [9.17, 15) is 4.79 Å². The van der Waals surface area contributed by atoms with Crippen LogP contribution < -0.4 is 5.32 Å². The number of hydrogen-bond donors (Lipinski definition) is 1. The molecule has 2 aliphatic heterocycles. The lowest BCUT2D eigenvalue weighted by Gasteiger charge is -2.53. The minimum atomic E-state index is -0.237. The first kappa shape index (κ1) is 19.8. The Hall–Kier alpha value is -1.51. The van der Waals surface area contributed by atoms with Crippen LogP contribution in [0.4, 0.5) is 0 Å². The van der Waals surface area contributed by atoms with Gasteiger partial charge in [0, 0.05) is 38.4 Å². The van der Waals surface area contributed by atoms with Crippen LogP contribution in [0.5, 0.6) is 0 Å². The normalized spacial score (nSPS) is 32.0. The molecule has 3 atom stereocenters. The molecule has 0 aromatic carbocycles. The zero-order valence-electron chi connectivity index (χ0n) is 17.1. The molecule has 0 spiro atoms. The molecule has 0 radical (unpaired) electrons. The summed E-state index contributed by atoms with van der Waals surface area (Å²) in [5, 5.41) is 11.0. The van der Waals surface area contributed by atoms with Gasteiger partial charge in [-0.1, -0.05) is 12.1 Å². The molecule has 8 nitrogen and oxygen atoms in total. The number of nitrogens with zero attached hydrogens (tertiary/aromatic N) is 5. The van der Waals surface area contributed by atoms with Crippen LogP contribution in [-0.2, 0) is 16.1 Å². The number of ether oxygens (including phenoxy) is 1. The van der Waals surface area contributed by atoms with Crippen LogP contribution in [0.1, 0.15) is 32.6 Å². The Morgan fingerprint density at radius 1 is 1.29 bits per heavy atom. The van der Waals surface area contributed by atoms with E-state index in [1.54, 1.807) is 10.9 Å². The fraction of sp³-hybridized carbons (Fsp3) is 0.850. The lowest BCUT2D eigenvalue weighted by Crippen LogP contribution is -2.61. The smallest absolute Gasteiger partial charge is 0.227 e. The van der Waals surface area contributed by atoms with Gasteiger partial charge in [0.25, 0.3) is 0 Å². The summed E-state index contributed by atoms with van der Waals surface area (Å²) in [7, 11) is 0. The van der Waals surface area contributed by atoms with Crippen molar-refractivity contribution in [2.45, 2.75) is 45.2 Å². The minimum Gasteiger partial charge on any atom is -0.379 e. The van der Waals surface area contributed by atoms with Crippen molar-refractivity contribution < 1.29 is 9.53 Å². The molecule has 1 aromatic heterocycles. The number of aromatic nitrogens is 3. The van der Waals surface area contributed by atoms with Gasteiger partial charge < -0.3 is 15.0 Å². The zero-order valence-corrected chi connectivity index (χ0v) is 17.1. The Labute approximate surface area is 167 Å². The van der Waals surface area contributed by atoms with E-state index >= 15 is 0 Å². The molecule has 2 saturated heterocycles. The topological polar surface area (TPSA) is 75.5 Å². The van der Waals surface area contributed by atoms with Crippen LogP contribution in [0, 0.1) is 11.3 Å². The zero-order chi connectivity index (χ0) is 19.4. The van der Waals surface area contributed by atoms with E-state index in [4.69, 9.17) is 4.74 Å². The number of fused-ring (bicyclic) bond motifs is 1. The second-order valence-electron chi connectivity index (χ2n) is 8.51. The van der Waals surface area contributed by atoms with Gasteiger partial charge in [0.2, 0.25) is 5.91 Å². The Morgan fingerprint density at radius 2 is 2.14 bits per heavy atom. The number of hydrogen-bond acceptors (Lipinski definition) is 6. The second kappa shape index (κ2) is 8.88. The van der Waals surface area contributed by atoms with E-state index in [1.165, 1.54) is 0 Å². The molecule has 8 heteroatoms. The summed E-state index contributed by atoms with van der Waals surface area (Å²) in [6.07, 6.45) is 7.89. The number of rotatable bonds is 6. The molecule has 3 fully saturated rings. The van der Waals surface area contributed by atoms with Crippen LogP contribution in [0.15, 0.2) is 12.4 Å². The maximum absolute atomic E-state index is 13.4. The van der Waals surface area contributed by atoms with Crippen LogP contribution >= 0.6 is 0 Å². The molecule has 4 rings (SSSR count). The van der Waals surface area contributed by atoms with Crippen molar-refractivity contribution in [2.75, 3.05) is 52.5 Å². The summed E-state index contributed by atoms with van der Waals surface area (Å²) in [5.41, 5.74) is -0.237. The van der Waals surface area contributed by atoms with Crippen molar-refractivity contribution >= 4 is 5.91 Å². The Kier molecular flexibility index (Phi) is 6.28. The predicted molar refractivity (Wildman–Crippen MR) is 106 cm³/mol. The van der Waals surface area contributed by atoms with Crippen LogP contribution in [0.2, 0.25) is 0 Å². The number of carbonyl (C=O) groups is 1. The van der Waals surface area contributed by atoms with E-state index in [0.717, 1.165) is 71.6 Å². The van der Waals surface area contributed by atoms with Gasteiger partial charge in [-0.2, -0.15) is 0 Å². The number of carbonyl (C=O) groups excluding carboxylic acids is 1. The number of nitrogens with one attached hydrogen (secondary N) is 1. The van der Waals surface area contributed by atoms with Gasteiger partial charge in [0.15, 0.2) is 0 Å². The van der Waals surface area contributed by atoms with Crippen molar-refractivity contribution in [1.29, 1.82) is 0 Å². The average molecular weight is 391 g/mol. The molecule has 1 amide bonds. The summed E-state index contributed by atoms with van der Waals surface area (Å²) >= 11 is 0. The van der Waals surface area contributed by atoms with E-state index in [0.29, 0.717) is 25.0 Å². The van der Waals surface area contributed by atoms with Crippen LogP contribution in [0.3, 0.4) is 0 Å². The first-order valence-corrected chi connectivity index (χ1v) is 10.9. The third kappa shape index (κ3) is 4.09. The quantitative estimate of drug-likeness (QED) is 0.767. The maximum Gasteiger partial charge on any atom is 0.227 e. The monoisotopic (exact) mass is 390 g/mol. The van der Waals surface area contributed by atoms with Gasteiger partial charge >= 0.3 is 0 Å². The van der Waals surface area contributed by atoms with E-state index < -0.39 is 0 Å². The molecule has 28 heavy (non-hydrogen) atoms. The van der Waals surface area contributed by atoms with E-state index in [2.05, 4.69) is 32.4 Å². The molecule has 0 bridgehead atoms. The fourth-order valence-corrected chi connectivity index (χ4v) is 5.45. The molecule has 1 aliphatic carbocycles. The third-order valence-corrected chi connectivity index (χ3v) is 7.12. The Bertz CT molecular complexity index is 633. The van der Waals surface area contributed by atoms with Gasteiger partial charge in [-0.25, -0.2) is 0 Å². The Balaban J connectivity index is 1.42. The van der Waals surface area contributed by atoms with Crippen molar-refractivity contribution in [1.82, 2.24) is 30.1 Å². The molecule has 3 heterocycles.